The Morgan fingerprint density at radius 3 is 0.987 bits per heavy atom. The summed E-state index contributed by atoms with van der Waals surface area (Å²) in [5.74, 6) is -0.190. The molecule has 0 aromatic heterocycles. The molecule has 1 amide bonds. The highest BCUT2D eigenvalue weighted by Crippen LogP contribution is 2.38. The van der Waals surface area contributed by atoms with E-state index in [2.05, 4.69) is 31.3 Å². The van der Waals surface area contributed by atoms with Crippen LogP contribution in [0.4, 0.5) is 0 Å². The van der Waals surface area contributed by atoms with Crippen LogP contribution >= 0.6 is 7.82 Å². The number of quaternary nitrogens is 1. The van der Waals surface area contributed by atoms with E-state index in [0.29, 0.717) is 17.4 Å². The molecule has 470 valence electrons. The summed E-state index contributed by atoms with van der Waals surface area (Å²) in [6.45, 7) is 4.71. The lowest BCUT2D eigenvalue weighted by atomic mass is 10.0. The van der Waals surface area contributed by atoms with E-state index in [1.165, 1.54) is 308 Å². The number of aliphatic hydroxyl groups is 1. The largest absolute Gasteiger partial charge is 0.756 e. The van der Waals surface area contributed by atoms with E-state index in [9.17, 15) is 19.4 Å². The topological polar surface area (TPSA) is 108 Å². The Hall–Kier alpha value is -1.02. The number of phosphoric ester groups is 1. The van der Waals surface area contributed by atoms with Gasteiger partial charge in [-0.2, -0.15) is 0 Å². The average molecular weight is 1140 g/mol. The number of nitrogens with zero attached hydrogens (tertiary/aromatic N) is 1. The van der Waals surface area contributed by atoms with Crippen LogP contribution in [0.15, 0.2) is 24.3 Å². The number of unbranched alkanes of at least 4 members (excludes halogenated alkanes) is 51. The second-order valence-electron chi connectivity index (χ2n) is 25.6. The van der Waals surface area contributed by atoms with E-state index in [-0.39, 0.29) is 19.1 Å². The third kappa shape index (κ3) is 64.4. The summed E-state index contributed by atoms with van der Waals surface area (Å²) >= 11 is 0. The van der Waals surface area contributed by atoms with Crippen LogP contribution in [0.3, 0.4) is 0 Å². The van der Waals surface area contributed by atoms with Gasteiger partial charge in [0, 0.05) is 6.42 Å². The third-order valence-corrected chi connectivity index (χ3v) is 17.4. The number of likely N-dealkylation sites (N-methyl/N-ethyl adjacent to an activating group) is 1. The molecule has 0 aliphatic heterocycles. The second kappa shape index (κ2) is 61.5. The summed E-state index contributed by atoms with van der Waals surface area (Å²) in [6, 6.07) is -0.886. The van der Waals surface area contributed by atoms with Crippen molar-refractivity contribution in [1.82, 2.24) is 5.32 Å². The van der Waals surface area contributed by atoms with Gasteiger partial charge in [-0.1, -0.05) is 340 Å². The quantitative estimate of drug-likeness (QED) is 0.0272. The fourth-order valence-electron chi connectivity index (χ4n) is 10.9. The SMILES string of the molecule is CCCCCCCCCC/C=C\CCCCCCCCCCCCCCCC(=O)NC(COP(=O)([O-])OCC[N+](C)(C)C)C(O)/C=C/CCCCCCCCCCCCCCCCCCCCCCCCCCCCCCCC. The number of carbonyl (C=O) groups is 1. The number of rotatable bonds is 66. The van der Waals surface area contributed by atoms with E-state index < -0.39 is 20.0 Å². The molecule has 0 bridgehead atoms. The molecule has 0 heterocycles. The minimum Gasteiger partial charge on any atom is -0.756 e. The van der Waals surface area contributed by atoms with Crippen molar-refractivity contribution < 1.29 is 32.9 Å². The molecule has 0 fully saturated rings. The highest BCUT2D eigenvalue weighted by Gasteiger charge is 2.23. The maximum atomic E-state index is 13.0. The van der Waals surface area contributed by atoms with Crippen LogP contribution < -0.4 is 10.2 Å². The molecular weight excluding hydrogens is 996 g/mol. The predicted octanol–water partition coefficient (Wildman–Crippen LogP) is 21.6. The molecule has 0 aliphatic carbocycles. The van der Waals surface area contributed by atoms with Crippen LogP contribution in [0.1, 0.15) is 367 Å². The first-order valence-corrected chi connectivity index (χ1v) is 36.7. The zero-order valence-electron chi connectivity index (χ0n) is 53.9. The number of hydrogen-bond acceptors (Lipinski definition) is 6. The normalized spacial score (nSPS) is 13.8. The van der Waals surface area contributed by atoms with E-state index in [1.54, 1.807) is 6.08 Å². The van der Waals surface area contributed by atoms with Crippen LogP contribution in [0, 0.1) is 0 Å². The van der Waals surface area contributed by atoms with Gasteiger partial charge in [0.25, 0.3) is 7.82 Å². The fraction of sp³-hybridized carbons (Fsp3) is 0.929. The summed E-state index contributed by atoms with van der Waals surface area (Å²) in [4.78, 5) is 25.6. The summed E-state index contributed by atoms with van der Waals surface area (Å²) in [6.07, 6.45) is 80.2. The number of carbonyl (C=O) groups excluding carboxylic acids is 1. The molecule has 79 heavy (non-hydrogen) atoms. The Balaban J connectivity index is 4.03. The third-order valence-electron chi connectivity index (χ3n) is 16.4. The molecule has 8 nitrogen and oxygen atoms in total. The summed E-state index contributed by atoms with van der Waals surface area (Å²) in [7, 11) is 1.28. The Kier molecular flexibility index (Phi) is 60.7. The minimum absolute atomic E-state index is 0.00136. The lowest BCUT2D eigenvalue weighted by molar-refractivity contribution is -0.870. The van der Waals surface area contributed by atoms with Gasteiger partial charge >= 0.3 is 0 Å². The molecule has 0 aromatic carbocycles. The van der Waals surface area contributed by atoms with Crippen LogP contribution in [-0.2, 0) is 18.4 Å². The second-order valence-corrected chi connectivity index (χ2v) is 27.0. The lowest BCUT2D eigenvalue weighted by Crippen LogP contribution is -2.45. The van der Waals surface area contributed by atoms with Crippen molar-refractivity contribution >= 4 is 13.7 Å². The van der Waals surface area contributed by atoms with E-state index in [1.807, 2.05) is 27.2 Å². The molecular formula is C70H139N2O6P. The molecule has 9 heteroatoms. The van der Waals surface area contributed by atoms with Crippen molar-refractivity contribution in [3.8, 4) is 0 Å². The maximum absolute atomic E-state index is 13.0. The van der Waals surface area contributed by atoms with Crippen molar-refractivity contribution in [2.45, 2.75) is 379 Å². The Labute approximate surface area is 494 Å². The van der Waals surface area contributed by atoms with Gasteiger partial charge in [-0.15, -0.1) is 0 Å². The van der Waals surface area contributed by atoms with Crippen LogP contribution in [0.5, 0.6) is 0 Å². The first kappa shape index (κ1) is 78.0. The van der Waals surface area contributed by atoms with Crippen LogP contribution in [0.2, 0.25) is 0 Å². The molecule has 2 N–H and O–H groups in total. The predicted molar refractivity (Wildman–Crippen MR) is 344 cm³/mol. The van der Waals surface area contributed by atoms with Gasteiger partial charge in [-0.25, -0.2) is 0 Å². The molecule has 0 aromatic rings. The van der Waals surface area contributed by atoms with Gasteiger partial charge in [0.05, 0.1) is 39.9 Å². The van der Waals surface area contributed by atoms with E-state index >= 15 is 0 Å². The van der Waals surface area contributed by atoms with Crippen LogP contribution in [-0.4, -0.2) is 68.5 Å². The summed E-state index contributed by atoms with van der Waals surface area (Å²) in [5, 5.41) is 14.0. The highest BCUT2D eigenvalue weighted by atomic mass is 31.2. The Morgan fingerprint density at radius 1 is 0.430 bits per heavy atom. The van der Waals surface area contributed by atoms with Crippen molar-refractivity contribution in [3.05, 3.63) is 24.3 Å². The molecule has 3 unspecified atom stereocenters. The monoisotopic (exact) mass is 1140 g/mol. The Morgan fingerprint density at radius 2 is 0.696 bits per heavy atom. The van der Waals surface area contributed by atoms with Gasteiger partial charge in [0.15, 0.2) is 0 Å². The van der Waals surface area contributed by atoms with Crippen molar-refractivity contribution in [1.29, 1.82) is 0 Å². The zero-order chi connectivity index (χ0) is 57.7. The number of amides is 1. The van der Waals surface area contributed by atoms with Crippen LogP contribution in [0.25, 0.3) is 0 Å². The zero-order valence-corrected chi connectivity index (χ0v) is 54.8. The Bertz CT molecular complexity index is 1340. The van der Waals surface area contributed by atoms with Gasteiger partial charge in [0.1, 0.15) is 13.2 Å². The summed E-state index contributed by atoms with van der Waals surface area (Å²) < 4.78 is 23.5. The first-order valence-electron chi connectivity index (χ1n) is 35.2. The number of nitrogens with one attached hydrogen (secondary N) is 1. The first-order chi connectivity index (χ1) is 38.5. The molecule has 0 rings (SSSR count). The number of hydrogen-bond donors (Lipinski definition) is 2. The minimum atomic E-state index is -4.60. The van der Waals surface area contributed by atoms with Crippen molar-refractivity contribution in [2.75, 3.05) is 40.9 Å². The van der Waals surface area contributed by atoms with Crippen molar-refractivity contribution in [2.24, 2.45) is 0 Å². The molecule has 0 aliphatic rings. The number of aliphatic hydroxyl groups excluding tert-OH is 1. The number of allylic oxidation sites excluding steroid dienone is 3. The molecule has 0 saturated carbocycles. The van der Waals surface area contributed by atoms with Crippen molar-refractivity contribution in [3.63, 3.8) is 0 Å². The molecule has 3 atom stereocenters. The standard InChI is InChI=1S/C70H139N2O6P/c1-6-8-10-12-14-16-18-20-22-24-26-28-30-32-33-34-35-36-37-38-40-41-43-45-47-49-51-53-55-57-59-61-63-69(73)68(67-78-79(75,76)77-66-65-72(3,4)5)71-70(74)64-62-60-58-56-54-52-50-48-46-44-42-39-31-29-27-25-23-21-19-17-15-13-11-9-7-2/h25,27,61,63,68-69,73H,6-24,26,28-60,62,64-67H2,1-5H3,(H-,71,74,75,76)/b27-25-,63-61+. The summed E-state index contributed by atoms with van der Waals surface area (Å²) in [5.41, 5.74) is 0. The molecule has 0 saturated heterocycles. The van der Waals surface area contributed by atoms with Gasteiger partial charge < -0.3 is 28.8 Å². The van der Waals surface area contributed by atoms with Gasteiger partial charge in [0.2, 0.25) is 5.91 Å². The molecule has 0 spiro atoms. The smallest absolute Gasteiger partial charge is 0.268 e. The number of phosphoric acid groups is 1. The average Bonchev–Trinajstić information content (AvgIpc) is 3.42. The van der Waals surface area contributed by atoms with Gasteiger partial charge in [-0.3, -0.25) is 9.36 Å². The fourth-order valence-corrected chi connectivity index (χ4v) is 11.6. The highest BCUT2D eigenvalue weighted by molar-refractivity contribution is 7.45. The maximum Gasteiger partial charge on any atom is 0.268 e. The van der Waals surface area contributed by atoms with Gasteiger partial charge in [-0.05, 0) is 44.9 Å². The van der Waals surface area contributed by atoms with E-state index in [0.717, 1.165) is 38.5 Å². The van der Waals surface area contributed by atoms with E-state index in [4.69, 9.17) is 9.05 Å². The lowest BCUT2D eigenvalue weighted by Gasteiger charge is -2.29. The molecule has 0 radical (unpaired) electrons.